The molecule has 5 nitrogen and oxygen atoms in total. The lowest BCUT2D eigenvalue weighted by Crippen LogP contribution is -2.48. The molecule has 1 heterocycles. The Bertz CT molecular complexity index is 799. The molecule has 2 aromatic rings. The van der Waals surface area contributed by atoms with Gasteiger partial charge in [-0.2, -0.15) is 0 Å². The van der Waals surface area contributed by atoms with Crippen LogP contribution in [0.25, 0.3) is 0 Å². The van der Waals surface area contributed by atoms with E-state index in [1.54, 1.807) is 29.2 Å². The van der Waals surface area contributed by atoms with Gasteiger partial charge < -0.3 is 20.2 Å². The Labute approximate surface area is 151 Å². The number of amides is 1. The zero-order valence-electron chi connectivity index (χ0n) is 14.5. The molecular formula is C20H22FNO4. The van der Waals surface area contributed by atoms with E-state index in [0.717, 1.165) is 12.1 Å². The van der Waals surface area contributed by atoms with Crippen molar-refractivity contribution in [3.8, 4) is 11.5 Å². The van der Waals surface area contributed by atoms with Crippen LogP contribution in [0.2, 0.25) is 0 Å². The number of likely N-dealkylation sites (tertiary alicyclic amines) is 1. The number of phenolic OH excluding ortho intramolecular Hbond substituents is 2. The van der Waals surface area contributed by atoms with Crippen LogP contribution in [0.3, 0.4) is 0 Å². The standard InChI is InChI=1S/C20H22FNO4/c1-20(26,14-5-3-2-4-6-14)19(25)22-9-7-13(8-10-22)15-11-16(21)18(24)12-17(15)23/h2-6,11-13,23-24,26H,7-10H2,1H3/t20-/m1/s1. The molecule has 0 saturated carbocycles. The first-order valence-electron chi connectivity index (χ1n) is 8.59. The Morgan fingerprint density at radius 1 is 1.12 bits per heavy atom. The van der Waals surface area contributed by atoms with E-state index in [1.807, 2.05) is 6.07 Å². The average Bonchev–Trinajstić information content (AvgIpc) is 2.65. The van der Waals surface area contributed by atoms with E-state index in [4.69, 9.17) is 0 Å². The highest BCUT2D eigenvalue weighted by Crippen LogP contribution is 2.37. The van der Waals surface area contributed by atoms with Crippen molar-refractivity contribution in [2.45, 2.75) is 31.3 Å². The molecule has 0 unspecified atom stereocenters. The van der Waals surface area contributed by atoms with Crippen LogP contribution in [0, 0.1) is 5.82 Å². The lowest BCUT2D eigenvalue weighted by atomic mass is 9.87. The molecule has 1 saturated heterocycles. The Morgan fingerprint density at radius 3 is 2.35 bits per heavy atom. The predicted molar refractivity (Wildman–Crippen MR) is 94.3 cm³/mol. The van der Waals surface area contributed by atoms with Gasteiger partial charge in [-0.25, -0.2) is 4.39 Å². The number of piperidine rings is 1. The fourth-order valence-corrected chi connectivity index (χ4v) is 3.48. The van der Waals surface area contributed by atoms with Gasteiger partial charge in [-0.15, -0.1) is 0 Å². The largest absolute Gasteiger partial charge is 0.508 e. The number of benzene rings is 2. The Morgan fingerprint density at radius 2 is 1.73 bits per heavy atom. The van der Waals surface area contributed by atoms with E-state index in [9.17, 15) is 24.5 Å². The van der Waals surface area contributed by atoms with Crippen LogP contribution in [-0.2, 0) is 10.4 Å². The third-order valence-electron chi connectivity index (χ3n) is 5.07. The number of nitrogens with zero attached hydrogens (tertiary/aromatic N) is 1. The molecule has 0 spiro atoms. The number of aromatic hydroxyl groups is 2. The van der Waals surface area contributed by atoms with Gasteiger partial charge in [-0.3, -0.25) is 4.79 Å². The minimum absolute atomic E-state index is 0.115. The smallest absolute Gasteiger partial charge is 0.258 e. The Hall–Kier alpha value is -2.60. The minimum atomic E-state index is -1.61. The molecule has 0 radical (unpaired) electrons. The highest BCUT2D eigenvalue weighted by atomic mass is 19.1. The summed E-state index contributed by atoms with van der Waals surface area (Å²) in [7, 11) is 0. The molecule has 2 aromatic carbocycles. The van der Waals surface area contributed by atoms with E-state index >= 15 is 0 Å². The van der Waals surface area contributed by atoms with Gasteiger partial charge in [0, 0.05) is 24.7 Å². The van der Waals surface area contributed by atoms with E-state index in [-0.39, 0.29) is 17.6 Å². The minimum Gasteiger partial charge on any atom is -0.508 e. The lowest BCUT2D eigenvalue weighted by molar-refractivity contribution is -0.151. The van der Waals surface area contributed by atoms with Gasteiger partial charge in [0.05, 0.1) is 0 Å². The maximum Gasteiger partial charge on any atom is 0.258 e. The zero-order valence-corrected chi connectivity index (χ0v) is 14.5. The van der Waals surface area contributed by atoms with Crippen molar-refractivity contribution < 1.29 is 24.5 Å². The van der Waals surface area contributed by atoms with E-state index < -0.39 is 17.2 Å². The second-order valence-corrected chi connectivity index (χ2v) is 6.87. The molecule has 3 N–H and O–H groups in total. The number of carbonyl (C=O) groups is 1. The molecule has 138 valence electrons. The molecule has 3 rings (SSSR count). The number of rotatable bonds is 3. The number of hydrogen-bond donors (Lipinski definition) is 3. The van der Waals surface area contributed by atoms with Gasteiger partial charge in [-0.1, -0.05) is 30.3 Å². The Kier molecular flexibility index (Phi) is 4.87. The number of carbonyl (C=O) groups excluding carboxylic acids is 1. The van der Waals surface area contributed by atoms with Gasteiger partial charge in [0.25, 0.3) is 5.91 Å². The SMILES string of the molecule is C[C@](O)(C(=O)N1CCC(c2cc(F)c(O)cc2O)CC1)c1ccccc1. The number of hydrogen-bond acceptors (Lipinski definition) is 4. The molecule has 0 bridgehead atoms. The second kappa shape index (κ2) is 6.96. The molecule has 0 aromatic heterocycles. The fourth-order valence-electron chi connectivity index (χ4n) is 3.48. The van der Waals surface area contributed by atoms with Crippen molar-refractivity contribution in [2.75, 3.05) is 13.1 Å². The van der Waals surface area contributed by atoms with Gasteiger partial charge in [0.2, 0.25) is 0 Å². The summed E-state index contributed by atoms with van der Waals surface area (Å²) in [5, 5.41) is 30.0. The topological polar surface area (TPSA) is 81.0 Å². The van der Waals surface area contributed by atoms with Crippen LogP contribution in [0.4, 0.5) is 4.39 Å². The summed E-state index contributed by atoms with van der Waals surface area (Å²) in [6.07, 6.45) is 1.07. The fraction of sp³-hybridized carbons (Fsp3) is 0.350. The highest BCUT2D eigenvalue weighted by Gasteiger charge is 2.38. The molecule has 0 aliphatic carbocycles. The summed E-state index contributed by atoms with van der Waals surface area (Å²) in [6.45, 7) is 2.28. The van der Waals surface area contributed by atoms with Crippen molar-refractivity contribution in [1.29, 1.82) is 0 Å². The van der Waals surface area contributed by atoms with E-state index in [2.05, 4.69) is 0 Å². The summed E-state index contributed by atoms with van der Waals surface area (Å²) < 4.78 is 13.6. The first-order chi connectivity index (χ1) is 12.3. The van der Waals surface area contributed by atoms with Gasteiger partial charge in [-0.05, 0) is 37.3 Å². The first kappa shape index (κ1) is 18.2. The maximum absolute atomic E-state index is 13.6. The van der Waals surface area contributed by atoms with Crippen LogP contribution in [-0.4, -0.2) is 39.2 Å². The highest BCUT2D eigenvalue weighted by molar-refractivity contribution is 5.86. The van der Waals surface area contributed by atoms with Gasteiger partial charge in [0.15, 0.2) is 17.2 Å². The molecular weight excluding hydrogens is 337 g/mol. The zero-order chi connectivity index (χ0) is 18.9. The summed E-state index contributed by atoms with van der Waals surface area (Å²) in [6, 6.07) is 10.9. The molecule has 1 atom stereocenters. The molecule has 1 amide bonds. The van der Waals surface area contributed by atoms with E-state index in [0.29, 0.717) is 37.1 Å². The van der Waals surface area contributed by atoms with Crippen molar-refractivity contribution in [3.63, 3.8) is 0 Å². The normalized spacial score (nSPS) is 17.7. The van der Waals surface area contributed by atoms with Crippen molar-refractivity contribution in [2.24, 2.45) is 0 Å². The quantitative estimate of drug-likeness (QED) is 0.787. The first-order valence-corrected chi connectivity index (χ1v) is 8.59. The Balaban J connectivity index is 1.71. The van der Waals surface area contributed by atoms with Gasteiger partial charge >= 0.3 is 0 Å². The van der Waals surface area contributed by atoms with Crippen LogP contribution >= 0.6 is 0 Å². The van der Waals surface area contributed by atoms with Crippen molar-refractivity contribution in [1.82, 2.24) is 4.90 Å². The van der Waals surface area contributed by atoms with Crippen molar-refractivity contribution in [3.05, 3.63) is 59.4 Å². The third-order valence-corrected chi connectivity index (χ3v) is 5.07. The summed E-state index contributed by atoms with van der Waals surface area (Å²) in [4.78, 5) is 14.4. The maximum atomic E-state index is 13.6. The van der Waals surface area contributed by atoms with Crippen LogP contribution in [0.5, 0.6) is 11.5 Å². The molecule has 26 heavy (non-hydrogen) atoms. The number of phenols is 2. The lowest BCUT2D eigenvalue weighted by Gasteiger charge is -2.36. The van der Waals surface area contributed by atoms with Crippen molar-refractivity contribution >= 4 is 5.91 Å². The third kappa shape index (κ3) is 3.37. The van der Waals surface area contributed by atoms with E-state index in [1.165, 1.54) is 6.92 Å². The molecule has 1 aliphatic heterocycles. The average molecular weight is 359 g/mol. The van der Waals surface area contributed by atoms with Gasteiger partial charge in [0.1, 0.15) is 5.75 Å². The summed E-state index contributed by atoms with van der Waals surface area (Å²) >= 11 is 0. The monoisotopic (exact) mass is 359 g/mol. The number of halogens is 1. The van der Waals surface area contributed by atoms with Crippen LogP contribution < -0.4 is 0 Å². The molecule has 1 aliphatic rings. The summed E-state index contributed by atoms with van der Waals surface area (Å²) in [5.74, 6) is -2.00. The predicted octanol–water partition coefficient (Wildman–Crippen LogP) is 2.85. The van der Waals surface area contributed by atoms with Crippen LogP contribution in [0.1, 0.15) is 36.8 Å². The summed E-state index contributed by atoms with van der Waals surface area (Å²) in [5.41, 5.74) is -0.645. The molecule has 6 heteroatoms. The number of aliphatic hydroxyl groups is 1. The molecule has 1 fully saturated rings. The second-order valence-electron chi connectivity index (χ2n) is 6.87. The van der Waals surface area contributed by atoms with Crippen LogP contribution in [0.15, 0.2) is 42.5 Å².